The molecule has 12 heteroatoms. The van der Waals surface area contributed by atoms with Crippen molar-refractivity contribution in [3.05, 3.63) is 59.7 Å². The van der Waals surface area contributed by atoms with E-state index >= 15 is 0 Å². The van der Waals surface area contributed by atoms with E-state index in [0.717, 1.165) is 22.6 Å². The van der Waals surface area contributed by atoms with Crippen LogP contribution in [0.5, 0.6) is 0 Å². The molecule has 1 amide bonds. The summed E-state index contributed by atoms with van der Waals surface area (Å²) in [5.41, 5.74) is 0.920. The molecule has 1 aliphatic heterocycles. The Labute approximate surface area is 204 Å². The average molecular weight is 508 g/mol. The predicted octanol–water partition coefficient (Wildman–Crippen LogP) is 4.80. The monoisotopic (exact) mass is 508 g/mol. The van der Waals surface area contributed by atoms with Crippen molar-refractivity contribution in [2.24, 2.45) is 13.0 Å². The second-order valence-corrected chi connectivity index (χ2v) is 9.13. The van der Waals surface area contributed by atoms with E-state index in [-0.39, 0.29) is 18.1 Å². The number of hydrogen-bond donors (Lipinski definition) is 1. The molecule has 3 aromatic heterocycles. The predicted molar refractivity (Wildman–Crippen MR) is 122 cm³/mol. The number of carbonyl (C=O) groups is 1. The third-order valence-electron chi connectivity index (χ3n) is 6.15. The first kappa shape index (κ1) is 25.5. The maximum Gasteiger partial charge on any atom is 0.417 e. The highest BCUT2D eigenvalue weighted by molar-refractivity contribution is 5.99. The summed E-state index contributed by atoms with van der Waals surface area (Å²) in [5.74, 6) is -4.24. The molecule has 0 spiro atoms. The number of pyridine rings is 2. The Balaban J connectivity index is 1.61. The van der Waals surface area contributed by atoms with Crippen LogP contribution in [0.3, 0.4) is 0 Å². The van der Waals surface area contributed by atoms with Gasteiger partial charge < -0.3 is 10.2 Å². The molecule has 1 fully saturated rings. The molecule has 0 bridgehead atoms. The molecular weight excluding hydrogens is 483 g/mol. The minimum Gasteiger partial charge on any atom is -0.368 e. The zero-order valence-corrected chi connectivity index (χ0v) is 19.9. The van der Waals surface area contributed by atoms with Gasteiger partial charge in [0.1, 0.15) is 5.82 Å². The topological polar surface area (TPSA) is 75.9 Å². The van der Waals surface area contributed by atoms with Gasteiger partial charge in [0.15, 0.2) is 5.69 Å². The summed E-state index contributed by atoms with van der Waals surface area (Å²) in [5, 5.41) is 7.14. The molecule has 0 aromatic carbocycles. The van der Waals surface area contributed by atoms with Gasteiger partial charge in [0.25, 0.3) is 11.8 Å². The zero-order chi connectivity index (χ0) is 26.3. The molecule has 1 saturated heterocycles. The molecule has 2 atom stereocenters. The summed E-state index contributed by atoms with van der Waals surface area (Å²) >= 11 is 0. The van der Waals surface area contributed by atoms with Gasteiger partial charge in [-0.15, -0.1) is 0 Å². The Bertz CT molecular complexity index is 1240. The molecule has 192 valence electrons. The highest BCUT2D eigenvalue weighted by atomic mass is 19.4. The number of nitrogens with one attached hydrogen (secondary N) is 1. The number of aryl methyl sites for hydroxylation is 2. The highest BCUT2D eigenvalue weighted by Crippen LogP contribution is 2.36. The number of rotatable bonds is 5. The first-order valence-corrected chi connectivity index (χ1v) is 11.3. The van der Waals surface area contributed by atoms with Gasteiger partial charge in [0.2, 0.25) is 0 Å². The summed E-state index contributed by atoms with van der Waals surface area (Å²) in [4.78, 5) is 22.8. The number of likely N-dealkylation sites (tertiary alicyclic amines) is 1. The first-order valence-electron chi connectivity index (χ1n) is 11.3. The molecule has 1 aliphatic rings. The SMILES string of the molecule is Cc1ccnc(-c2cn(C)nc2C(=O)N2CC(F)(F)CC(C)C2CNc2ccc(C(F)(F)F)cn2)c1. The van der Waals surface area contributed by atoms with E-state index in [2.05, 4.69) is 20.4 Å². The van der Waals surface area contributed by atoms with E-state index < -0.39 is 48.5 Å². The molecule has 1 N–H and O–H groups in total. The highest BCUT2D eigenvalue weighted by Gasteiger charge is 2.47. The number of carbonyl (C=O) groups excluding carboxylic acids is 1. The summed E-state index contributed by atoms with van der Waals surface area (Å²) in [6.07, 6.45) is -1.06. The van der Waals surface area contributed by atoms with Crippen LogP contribution in [0, 0.1) is 12.8 Å². The van der Waals surface area contributed by atoms with Crippen LogP contribution in [0.4, 0.5) is 27.8 Å². The lowest BCUT2D eigenvalue weighted by molar-refractivity contribution is -0.137. The Morgan fingerprint density at radius 1 is 1.22 bits per heavy atom. The van der Waals surface area contributed by atoms with Gasteiger partial charge in [-0.25, -0.2) is 13.8 Å². The summed E-state index contributed by atoms with van der Waals surface area (Å²) in [6.45, 7) is 2.70. The number of aromatic nitrogens is 4. The van der Waals surface area contributed by atoms with Gasteiger partial charge in [-0.2, -0.15) is 18.3 Å². The quantitative estimate of drug-likeness (QED) is 0.501. The van der Waals surface area contributed by atoms with Crippen LogP contribution in [0.1, 0.15) is 35.0 Å². The molecule has 0 radical (unpaired) electrons. The number of nitrogens with zero attached hydrogens (tertiary/aromatic N) is 5. The van der Waals surface area contributed by atoms with E-state index in [1.54, 1.807) is 38.5 Å². The fourth-order valence-electron chi connectivity index (χ4n) is 4.41. The Morgan fingerprint density at radius 3 is 2.61 bits per heavy atom. The number of anilines is 1. The third kappa shape index (κ3) is 5.47. The minimum atomic E-state index is -4.52. The van der Waals surface area contributed by atoms with Gasteiger partial charge in [0, 0.05) is 38.6 Å². The van der Waals surface area contributed by atoms with Gasteiger partial charge in [0.05, 0.1) is 29.4 Å². The van der Waals surface area contributed by atoms with Crippen molar-refractivity contribution in [2.75, 3.05) is 18.4 Å². The third-order valence-corrected chi connectivity index (χ3v) is 6.15. The van der Waals surface area contributed by atoms with Gasteiger partial charge in [-0.05, 0) is 42.7 Å². The molecule has 0 aliphatic carbocycles. The number of amides is 1. The van der Waals surface area contributed by atoms with Crippen molar-refractivity contribution in [3.8, 4) is 11.3 Å². The van der Waals surface area contributed by atoms with Crippen LogP contribution in [-0.4, -0.2) is 55.6 Å². The van der Waals surface area contributed by atoms with E-state index in [4.69, 9.17) is 0 Å². The van der Waals surface area contributed by atoms with E-state index in [0.29, 0.717) is 17.5 Å². The molecule has 2 unspecified atom stereocenters. The van der Waals surface area contributed by atoms with Crippen molar-refractivity contribution in [3.63, 3.8) is 0 Å². The maximum atomic E-state index is 14.6. The number of hydrogen-bond acceptors (Lipinski definition) is 5. The number of halogens is 5. The standard InChI is InChI=1S/C24H25F5N6O/c1-14-6-7-30-18(8-14)17-12-34(3)33-21(17)22(36)35-13-23(25,26)9-15(2)19(35)11-32-20-5-4-16(10-31-20)24(27,28)29/h4-8,10,12,15,19H,9,11,13H2,1-3H3,(H,31,32). The van der Waals surface area contributed by atoms with E-state index in [1.165, 1.54) is 4.68 Å². The summed E-state index contributed by atoms with van der Waals surface area (Å²) < 4.78 is 69.0. The van der Waals surface area contributed by atoms with Crippen LogP contribution in [0.25, 0.3) is 11.3 Å². The molecule has 0 saturated carbocycles. The molecule has 4 rings (SSSR count). The normalized spacial score (nSPS) is 19.8. The fraction of sp³-hybridized carbons (Fsp3) is 0.417. The van der Waals surface area contributed by atoms with Crippen LogP contribution < -0.4 is 5.32 Å². The lowest BCUT2D eigenvalue weighted by Crippen LogP contribution is -2.57. The maximum absolute atomic E-state index is 14.6. The van der Waals surface area contributed by atoms with Crippen LogP contribution >= 0.6 is 0 Å². The minimum absolute atomic E-state index is 0.00171. The summed E-state index contributed by atoms with van der Waals surface area (Å²) in [7, 11) is 1.62. The van der Waals surface area contributed by atoms with E-state index in [9.17, 15) is 26.7 Å². The fourth-order valence-corrected chi connectivity index (χ4v) is 4.41. The zero-order valence-electron chi connectivity index (χ0n) is 19.9. The van der Waals surface area contributed by atoms with Gasteiger partial charge >= 0.3 is 6.18 Å². The van der Waals surface area contributed by atoms with E-state index in [1.807, 2.05) is 6.92 Å². The van der Waals surface area contributed by atoms with Crippen LogP contribution in [0.2, 0.25) is 0 Å². The lowest BCUT2D eigenvalue weighted by atomic mass is 9.88. The smallest absolute Gasteiger partial charge is 0.368 e. The van der Waals surface area contributed by atoms with Crippen molar-refractivity contribution in [1.82, 2.24) is 24.6 Å². The molecule has 4 heterocycles. The van der Waals surface area contributed by atoms with Crippen LogP contribution in [-0.2, 0) is 13.2 Å². The Hall–Kier alpha value is -3.57. The number of alkyl halides is 5. The first-order chi connectivity index (χ1) is 16.8. The second-order valence-electron chi connectivity index (χ2n) is 9.13. The van der Waals surface area contributed by atoms with Crippen molar-refractivity contribution in [2.45, 2.75) is 38.4 Å². The molecular formula is C24H25F5N6O. The largest absolute Gasteiger partial charge is 0.417 e. The van der Waals surface area contributed by atoms with Gasteiger partial charge in [-0.3, -0.25) is 14.5 Å². The Kier molecular flexibility index (Phi) is 6.72. The second kappa shape index (κ2) is 9.47. The molecule has 3 aromatic rings. The lowest BCUT2D eigenvalue weighted by Gasteiger charge is -2.43. The molecule has 7 nitrogen and oxygen atoms in total. The Morgan fingerprint density at radius 2 is 1.97 bits per heavy atom. The van der Waals surface area contributed by atoms with Crippen molar-refractivity contribution < 1.29 is 26.7 Å². The van der Waals surface area contributed by atoms with Crippen molar-refractivity contribution >= 4 is 11.7 Å². The van der Waals surface area contributed by atoms with Gasteiger partial charge in [-0.1, -0.05) is 6.92 Å². The van der Waals surface area contributed by atoms with Crippen molar-refractivity contribution in [1.29, 1.82) is 0 Å². The number of piperidine rings is 1. The average Bonchev–Trinajstić information content (AvgIpc) is 3.18. The molecule has 36 heavy (non-hydrogen) atoms. The summed E-state index contributed by atoms with van der Waals surface area (Å²) in [6, 6.07) is 4.94. The van der Waals surface area contributed by atoms with Crippen LogP contribution in [0.15, 0.2) is 42.9 Å².